The number of cyclic esters (lactones) is 1. The largest absolute Gasteiger partial charge is 0.447 e. The molecule has 9 heteroatoms. The topological polar surface area (TPSA) is 77.1 Å². The minimum atomic E-state index is -0.438. The lowest BCUT2D eigenvalue weighted by molar-refractivity contribution is -0.0490. The van der Waals surface area contributed by atoms with Crippen LogP contribution in [0.4, 0.5) is 14.0 Å². The van der Waals surface area contributed by atoms with Gasteiger partial charge in [0.05, 0.1) is 26.3 Å². The van der Waals surface area contributed by atoms with Gasteiger partial charge in [0.15, 0.2) is 0 Å². The van der Waals surface area contributed by atoms with Crippen LogP contribution in [0.5, 0.6) is 0 Å². The molecule has 2 saturated heterocycles. The summed E-state index contributed by atoms with van der Waals surface area (Å²) < 4.78 is 29.0. The molecular weight excluding hydrogens is 379 g/mol. The molecule has 2 amide bonds. The molecule has 4 rings (SSSR count). The van der Waals surface area contributed by atoms with Crippen LogP contribution in [0.1, 0.15) is 18.4 Å². The molecule has 0 aromatic heterocycles. The molecule has 0 bridgehead atoms. The molecule has 2 heterocycles. The molecule has 0 radical (unpaired) electrons. The Labute approximate surface area is 160 Å². The standard InChI is InChI=1S/C18H20ClFN2O5/c19-15-5-13(20)2-1-12(15)7-25-6-11-3-14(4-11)27-17(24)22-8-18(9-22)10-26-16(23)21-18/h1-2,5,11,14H,3-4,6-10H2,(H,21,23). The van der Waals surface area contributed by atoms with Gasteiger partial charge in [-0.1, -0.05) is 17.7 Å². The van der Waals surface area contributed by atoms with E-state index in [4.69, 9.17) is 25.8 Å². The molecule has 1 aliphatic carbocycles. The first-order valence-electron chi connectivity index (χ1n) is 8.85. The third-order valence-corrected chi connectivity index (χ3v) is 5.53. The highest BCUT2D eigenvalue weighted by Gasteiger charge is 2.52. The molecule has 2 aliphatic heterocycles. The third kappa shape index (κ3) is 3.96. The minimum Gasteiger partial charge on any atom is -0.447 e. The molecule has 1 aromatic rings. The summed E-state index contributed by atoms with van der Waals surface area (Å²) in [7, 11) is 0. The highest BCUT2D eigenvalue weighted by molar-refractivity contribution is 6.31. The number of carbonyl (C=O) groups excluding carboxylic acids is 2. The van der Waals surface area contributed by atoms with Crippen molar-refractivity contribution in [3.05, 3.63) is 34.6 Å². The number of hydrogen-bond donors (Lipinski definition) is 1. The van der Waals surface area contributed by atoms with Gasteiger partial charge in [-0.15, -0.1) is 0 Å². The molecule has 0 atom stereocenters. The van der Waals surface area contributed by atoms with Gasteiger partial charge in [-0.2, -0.15) is 0 Å². The van der Waals surface area contributed by atoms with Gasteiger partial charge < -0.3 is 24.4 Å². The quantitative estimate of drug-likeness (QED) is 0.825. The Balaban J connectivity index is 1.11. The molecule has 1 aromatic carbocycles. The van der Waals surface area contributed by atoms with Gasteiger partial charge in [-0.3, -0.25) is 0 Å². The molecule has 146 valence electrons. The van der Waals surface area contributed by atoms with Gasteiger partial charge in [0, 0.05) is 5.02 Å². The lowest BCUT2D eigenvalue weighted by Crippen LogP contribution is -2.70. The maximum absolute atomic E-state index is 13.0. The van der Waals surface area contributed by atoms with E-state index in [1.54, 1.807) is 11.0 Å². The molecule has 0 unspecified atom stereocenters. The number of halogens is 2. The van der Waals surface area contributed by atoms with E-state index in [1.807, 2.05) is 0 Å². The second-order valence-corrected chi connectivity index (χ2v) is 7.84. The third-order valence-electron chi connectivity index (χ3n) is 5.18. The van der Waals surface area contributed by atoms with E-state index in [1.165, 1.54) is 12.1 Å². The van der Waals surface area contributed by atoms with E-state index in [0.717, 1.165) is 18.4 Å². The number of carbonyl (C=O) groups is 2. The lowest BCUT2D eigenvalue weighted by atomic mass is 9.83. The van der Waals surface area contributed by atoms with Crippen LogP contribution in [-0.2, 0) is 20.8 Å². The molecule has 1 N–H and O–H groups in total. The first kappa shape index (κ1) is 18.3. The molecule has 3 fully saturated rings. The van der Waals surface area contributed by atoms with Crippen LogP contribution in [0, 0.1) is 11.7 Å². The number of alkyl carbamates (subject to hydrolysis) is 1. The molecule has 27 heavy (non-hydrogen) atoms. The molecule has 1 spiro atoms. The number of hydrogen-bond acceptors (Lipinski definition) is 5. The Morgan fingerprint density at radius 2 is 2.19 bits per heavy atom. The Kier molecular flexibility index (Phi) is 4.86. The van der Waals surface area contributed by atoms with E-state index < -0.39 is 11.6 Å². The average molecular weight is 399 g/mol. The number of nitrogens with one attached hydrogen (secondary N) is 1. The Bertz CT molecular complexity index is 749. The minimum absolute atomic E-state index is 0.105. The summed E-state index contributed by atoms with van der Waals surface area (Å²) in [5, 5.41) is 3.08. The van der Waals surface area contributed by atoms with Crippen molar-refractivity contribution < 1.29 is 28.2 Å². The van der Waals surface area contributed by atoms with Crippen LogP contribution in [0.25, 0.3) is 0 Å². The van der Waals surface area contributed by atoms with Crippen molar-refractivity contribution >= 4 is 23.8 Å². The molecule has 3 aliphatic rings. The second-order valence-electron chi connectivity index (χ2n) is 7.43. The fourth-order valence-corrected chi connectivity index (χ4v) is 3.80. The predicted octanol–water partition coefficient (Wildman–Crippen LogP) is 2.71. The number of benzene rings is 1. The van der Waals surface area contributed by atoms with Crippen molar-refractivity contribution in [1.29, 1.82) is 0 Å². The van der Waals surface area contributed by atoms with Crippen molar-refractivity contribution in [2.45, 2.75) is 31.1 Å². The Morgan fingerprint density at radius 1 is 1.41 bits per heavy atom. The fourth-order valence-electron chi connectivity index (χ4n) is 3.57. The number of ether oxygens (including phenoxy) is 3. The van der Waals surface area contributed by atoms with Gasteiger partial charge in [0.2, 0.25) is 0 Å². The van der Waals surface area contributed by atoms with Crippen molar-refractivity contribution in [2.24, 2.45) is 5.92 Å². The van der Waals surface area contributed by atoms with Crippen LogP contribution in [0.3, 0.4) is 0 Å². The summed E-state index contributed by atoms with van der Waals surface area (Å²) in [6, 6.07) is 4.23. The van der Waals surface area contributed by atoms with E-state index in [9.17, 15) is 14.0 Å². The summed E-state index contributed by atoms with van der Waals surface area (Å²) in [4.78, 5) is 24.8. The van der Waals surface area contributed by atoms with Crippen molar-refractivity contribution in [3.8, 4) is 0 Å². The average Bonchev–Trinajstić information content (AvgIpc) is 2.95. The SMILES string of the molecule is O=C1NC2(CO1)CN(C(=O)OC1CC(COCc3ccc(F)cc3Cl)C1)C2. The van der Waals surface area contributed by atoms with Gasteiger partial charge in [0.25, 0.3) is 0 Å². The van der Waals surface area contributed by atoms with Gasteiger partial charge in [-0.25, -0.2) is 14.0 Å². The number of likely N-dealkylation sites (tertiary alicyclic amines) is 1. The van der Waals surface area contributed by atoms with Crippen LogP contribution < -0.4 is 5.32 Å². The zero-order valence-electron chi connectivity index (χ0n) is 14.6. The molecule has 1 saturated carbocycles. The number of amides is 2. The summed E-state index contributed by atoms with van der Waals surface area (Å²) in [5.41, 5.74) is 0.309. The fraction of sp³-hybridized carbons (Fsp3) is 0.556. The molecule has 7 nitrogen and oxygen atoms in total. The number of nitrogens with zero attached hydrogens (tertiary/aromatic N) is 1. The lowest BCUT2D eigenvalue weighted by Gasteiger charge is -2.46. The monoisotopic (exact) mass is 398 g/mol. The first-order valence-corrected chi connectivity index (χ1v) is 9.22. The summed E-state index contributed by atoms with van der Waals surface area (Å²) in [6.07, 6.45) is 0.603. The highest BCUT2D eigenvalue weighted by atomic mass is 35.5. The summed E-state index contributed by atoms with van der Waals surface area (Å²) in [6.45, 7) is 1.97. The maximum Gasteiger partial charge on any atom is 0.410 e. The van der Waals surface area contributed by atoms with E-state index >= 15 is 0 Å². The smallest absolute Gasteiger partial charge is 0.410 e. The van der Waals surface area contributed by atoms with Gasteiger partial charge in [0.1, 0.15) is 24.1 Å². The maximum atomic E-state index is 13.0. The van der Waals surface area contributed by atoms with Gasteiger partial charge >= 0.3 is 12.2 Å². The van der Waals surface area contributed by atoms with Crippen molar-refractivity contribution in [1.82, 2.24) is 10.2 Å². The van der Waals surface area contributed by atoms with Crippen molar-refractivity contribution in [2.75, 3.05) is 26.3 Å². The van der Waals surface area contributed by atoms with Crippen LogP contribution in [-0.4, -0.2) is 55.0 Å². The second kappa shape index (κ2) is 7.16. The zero-order chi connectivity index (χ0) is 19.0. The normalized spacial score (nSPS) is 25.4. The Morgan fingerprint density at radius 3 is 2.85 bits per heavy atom. The van der Waals surface area contributed by atoms with E-state index in [2.05, 4.69) is 5.32 Å². The predicted molar refractivity (Wildman–Crippen MR) is 92.8 cm³/mol. The van der Waals surface area contributed by atoms with Crippen LogP contribution in [0.2, 0.25) is 5.02 Å². The van der Waals surface area contributed by atoms with Crippen molar-refractivity contribution in [3.63, 3.8) is 0 Å². The van der Waals surface area contributed by atoms with Crippen LogP contribution >= 0.6 is 11.6 Å². The summed E-state index contributed by atoms with van der Waals surface area (Å²) in [5.74, 6) is -0.0457. The van der Waals surface area contributed by atoms with Gasteiger partial charge in [-0.05, 0) is 36.5 Å². The van der Waals surface area contributed by atoms with Crippen LogP contribution in [0.15, 0.2) is 18.2 Å². The Hall–Kier alpha value is -2.06. The summed E-state index contributed by atoms with van der Waals surface area (Å²) >= 11 is 5.96. The zero-order valence-corrected chi connectivity index (χ0v) is 15.3. The first-order chi connectivity index (χ1) is 12.9. The molecular formula is C18H20ClFN2O5. The van der Waals surface area contributed by atoms with E-state index in [-0.39, 0.29) is 24.6 Å². The highest BCUT2D eigenvalue weighted by Crippen LogP contribution is 2.33. The van der Waals surface area contributed by atoms with E-state index in [0.29, 0.717) is 37.2 Å². The number of rotatable bonds is 5.